The summed E-state index contributed by atoms with van der Waals surface area (Å²) in [4.78, 5) is 27.2. The van der Waals surface area contributed by atoms with Gasteiger partial charge in [-0.25, -0.2) is 0 Å². The number of carbonyl (C=O) groups is 2. The lowest BCUT2D eigenvalue weighted by Crippen LogP contribution is -2.67. The number of piperazine rings is 1. The van der Waals surface area contributed by atoms with Crippen molar-refractivity contribution in [1.29, 1.82) is 0 Å². The van der Waals surface area contributed by atoms with E-state index in [1.165, 1.54) is 11.3 Å². The lowest BCUT2D eigenvalue weighted by molar-refractivity contribution is -0.154. The summed E-state index contributed by atoms with van der Waals surface area (Å²) < 4.78 is 0.691. The van der Waals surface area contributed by atoms with Crippen LogP contribution in [-0.2, 0) is 16.1 Å². The van der Waals surface area contributed by atoms with Gasteiger partial charge in [0.25, 0.3) is 0 Å². The molecule has 0 bridgehead atoms. The molecule has 0 saturated carbocycles. The van der Waals surface area contributed by atoms with Crippen molar-refractivity contribution in [1.82, 2.24) is 10.2 Å². The molecule has 1 aliphatic rings. The van der Waals surface area contributed by atoms with Crippen molar-refractivity contribution in [2.45, 2.75) is 45.3 Å². The maximum Gasteiger partial charge on any atom is 0.248 e. The average molecular weight is 301 g/mol. The number of hydrogen-bond acceptors (Lipinski definition) is 3. The molecule has 1 unspecified atom stereocenters. The van der Waals surface area contributed by atoms with Gasteiger partial charge in [0.05, 0.1) is 10.9 Å². The molecular weight excluding hydrogens is 284 g/mol. The molecule has 0 spiro atoms. The van der Waals surface area contributed by atoms with Gasteiger partial charge in [0, 0.05) is 4.88 Å². The Morgan fingerprint density at radius 2 is 2.11 bits per heavy atom. The van der Waals surface area contributed by atoms with Gasteiger partial charge < -0.3 is 10.2 Å². The molecule has 4 nitrogen and oxygen atoms in total. The summed E-state index contributed by atoms with van der Waals surface area (Å²) in [5.41, 5.74) is -0.843. The Morgan fingerprint density at radius 3 is 2.63 bits per heavy atom. The second kappa shape index (κ2) is 5.13. The molecule has 19 heavy (non-hydrogen) atoms. The van der Waals surface area contributed by atoms with Crippen LogP contribution in [-0.4, -0.2) is 28.3 Å². The predicted octanol–water partition coefficient (Wildman–Crippen LogP) is 2.42. The second-order valence-corrected chi connectivity index (χ2v) is 6.98. The van der Waals surface area contributed by atoms with Gasteiger partial charge in [-0.2, -0.15) is 0 Å². The van der Waals surface area contributed by atoms with Gasteiger partial charge >= 0.3 is 0 Å². The topological polar surface area (TPSA) is 49.4 Å². The fourth-order valence-electron chi connectivity index (χ4n) is 2.28. The zero-order valence-corrected chi connectivity index (χ0v) is 12.8. The van der Waals surface area contributed by atoms with Crippen LogP contribution in [0, 0.1) is 0 Å². The van der Waals surface area contributed by atoms with Gasteiger partial charge in [0.1, 0.15) is 11.6 Å². The van der Waals surface area contributed by atoms with Crippen molar-refractivity contribution >= 4 is 34.8 Å². The highest BCUT2D eigenvalue weighted by molar-refractivity contribution is 7.16. The first kappa shape index (κ1) is 14.3. The molecule has 6 heteroatoms. The minimum absolute atomic E-state index is 0.0523. The summed E-state index contributed by atoms with van der Waals surface area (Å²) in [6.45, 7) is 5.80. The van der Waals surface area contributed by atoms with E-state index in [-0.39, 0.29) is 11.8 Å². The predicted molar refractivity (Wildman–Crippen MR) is 76.2 cm³/mol. The Balaban J connectivity index is 2.27. The highest BCUT2D eigenvalue weighted by atomic mass is 35.5. The number of halogens is 1. The molecule has 1 N–H and O–H groups in total. The van der Waals surface area contributed by atoms with E-state index in [1.807, 2.05) is 19.1 Å². The highest BCUT2D eigenvalue weighted by Crippen LogP contribution is 2.27. The largest absolute Gasteiger partial charge is 0.340 e. The van der Waals surface area contributed by atoms with E-state index in [4.69, 9.17) is 11.6 Å². The van der Waals surface area contributed by atoms with E-state index in [0.29, 0.717) is 17.3 Å². The first-order chi connectivity index (χ1) is 8.85. The Kier molecular flexibility index (Phi) is 3.87. The van der Waals surface area contributed by atoms with Crippen LogP contribution >= 0.6 is 22.9 Å². The third-order valence-corrected chi connectivity index (χ3v) is 4.47. The van der Waals surface area contributed by atoms with Crippen molar-refractivity contribution in [3.05, 3.63) is 21.3 Å². The molecule has 2 heterocycles. The van der Waals surface area contributed by atoms with Crippen LogP contribution in [0.5, 0.6) is 0 Å². The number of hydrogen-bond donors (Lipinski definition) is 1. The maximum atomic E-state index is 12.5. The molecule has 0 radical (unpaired) electrons. The van der Waals surface area contributed by atoms with Gasteiger partial charge in [-0.1, -0.05) is 18.5 Å². The number of amides is 2. The fraction of sp³-hybridized carbons (Fsp3) is 0.538. The molecule has 1 saturated heterocycles. The summed E-state index contributed by atoms with van der Waals surface area (Å²) in [5.74, 6) is -0.141. The SMILES string of the molecule is CCC1C(=O)NC(C)(C)C(=O)N1Cc1ccc(Cl)s1. The summed E-state index contributed by atoms with van der Waals surface area (Å²) in [6.07, 6.45) is 0.604. The summed E-state index contributed by atoms with van der Waals surface area (Å²) >= 11 is 7.34. The fourth-order valence-corrected chi connectivity index (χ4v) is 3.37. The lowest BCUT2D eigenvalue weighted by atomic mass is 9.95. The van der Waals surface area contributed by atoms with E-state index in [2.05, 4.69) is 5.32 Å². The molecule has 0 aliphatic carbocycles. The van der Waals surface area contributed by atoms with Gasteiger partial charge in [-0.3, -0.25) is 9.59 Å². The normalized spacial score (nSPS) is 22.5. The summed E-state index contributed by atoms with van der Waals surface area (Å²) in [6, 6.07) is 3.30. The van der Waals surface area contributed by atoms with Gasteiger partial charge in [-0.05, 0) is 32.4 Å². The number of rotatable bonds is 3. The molecule has 2 rings (SSSR count). The lowest BCUT2D eigenvalue weighted by Gasteiger charge is -2.42. The molecule has 1 aliphatic heterocycles. The molecule has 1 aromatic rings. The van der Waals surface area contributed by atoms with Crippen molar-refractivity contribution in [3.8, 4) is 0 Å². The minimum atomic E-state index is -0.843. The number of carbonyl (C=O) groups excluding carboxylic acids is 2. The van der Waals surface area contributed by atoms with E-state index < -0.39 is 11.6 Å². The first-order valence-electron chi connectivity index (χ1n) is 6.22. The molecule has 1 atom stereocenters. The Bertz CT molecular complexity index is 512. The summed E-state index contributed by atoms with van der Waals surface area (Å²) in [7, 11) is 0. The highest BCUT2D eigenvalue weighted by Gasteiger charge is 2.44. The number of nitrogens with zero attached hydrogens (tertiary/aromatic N) is 1. The quantitative estimate of drug-likeness (QED) is 0.932. The smallest absolute Gasteiger partial charge is 0.248 e. The zero-order valence-electron chi connectivity index (χ0n) is 11.2. The first-order valence-corrected chi connectivity index (χ1v) is 7.42. The van der Waals surface area contributed by atoms with Crippen molar-refractivity contribution in [3.63, 3.8) is 0 Å². The van der Waals surface area contributed by atoms with Crippen LogP contribution in [0.25, 0.3) is 0 Å². The molecule has 1 aromatic heterocycles. The van der Waals surface area contributed by atoms with Crippen molar-refractivity contribution < 1.29 is 9.59 Å². The zero-order chi connectivity index (χ0) is 14.2. The van der Waals surface area contributed by atoms with E-state index in [0.717, 1.165) is 4.88 Å². The molecule has 0 aromatic carbocycles. The van der Waals surface area contributed by atoms with Gasteiger partial charge in [-0.15, -0.1) is 11.3 Å². The molecule has 104 valence electrons. The minimum Gasteiger partial charge on any atom is -0.340 e. The monoisotopic (exact) mass is 300 g/mol. The van der Waals surface area contributed by atoms with Crippen LogP contribution in [0.2, 0.25) is 4.34 Å². The third-order valence-electron chi connectivity index (χ3n) is 3.25. The molecular formula is C13H17ClN2O2S. The van der Waals surface area contributed by atoms with Crippen LogP contribution < -0.4 is 5.32 Å². The van der Waals surface area contributed by atoms with Crippen LogP contribution in [0.3, 0.4) is 0 Å². The van der Waals surface area contributed by atoms with E-state index in [1.54, 1.807) is 18.7 Å². The Hall–Kier alpha value is -1.07. The number of nitrogens with one attached hydrogen (secondary N) is 1. The maximum absolute atomic E-state index is 12.5. The van der Waals surface area contributed by atoms with Crippen molar-refractivity contribution in [2.24, 2.45) is 0 Å². The molecule has 1 fully saturated rings. The standard InChI is InChI=1S/C13H17ClN2O2S/c1-4-9-11(17)15-13(2,3)12(18)16(9)7-8-5-6-10(14)19-8/h5-6,9H,4,7H2,1-3H3,(H,15,17). The number of thiophene rings is 1. The summed E-state index contributed by atoms with van der Waals surface area (Å²) in [5, 5.41) is 2.77. The Morgan fingerprint density at radius 1 is 1.42 bits per heavy atom. The van der Waals surface area contributed by atoms with Crippen LogP contribution in [0.4, 0.5) is 0 Å². The van der Waals surface area contributed by atoms with Gasteiger partial charge in [0.2, 0.25) is 11.8 Å². The second-order valence-electron chi connectivity index (χ2n) is 5.18. The average Bonchev–Trinajstić information content (AvgIpc) is 2.71. The third kappa shape index (κ3) is 2.77. The Labute approximate surface area is 121 Å². The van der Waals surface area contributed by atoms with Gasteiger partial charge in [0.15, 0.2) is 0 Å². The van der Waals surface area contributed by atoms with E-state index >= 15 is 0 Å². The molecule has 2 amide bonds. The van der Waals surface area contributed by atoms with Crippen molar-refractivity contribution in [2.75, 3.05) is 0 Å². The van der Waals surface area contributed by atoms with Crippen LogP contribution in [0.15, 0.2) is 12.1 Å². The van der Waals surface area contributed by atoms with Crippen LogP contribution in [0.1, 0.15) is 32.1 Å². The van der Waals surface area contributed by atoms with E-state index in [9.17, 15) is 9.59 Å².